The van der Waals surface area contributed by atoms with E-state index in [1.165, 1.54) is 0 Å². The largest absolute Gasteiger partial charge is 0.0149 e. The molecule has 0 N–H and O–H groups in total. The van der Waals surface area contributed by atoms with Gasteiger partial charge in [0.1, 0.15) is 0 Å². The van der Waals surface area contributed by atoms with Crippen LogP contribution in [0.15, 0.2) is 0 Å². The molecule has 0 amide bonds. The van der Waals surface area contributed by atoms with Gasteiger partial charge in [-0.05, 0) is 11.0 Å². The van der Waals surface area contributed by atoms with Crippen LogP contribution in [-0.4, -0.2) is 28.6 Å². The fourth-order valence-corrected chi connectivity index (χ4v) is 0. The van der Waals surface area contributed by atoms with Gasteiger partial charge in [0.15, 0.2) is 0 Å². The van der Waals surface area contributed by atoms with E-state index in [0.717, 1.165) is 0 Å². The molecule has 0 aromatic rings. The first kappa shape index (κ1) is 50.2. The molecule has 34 valence electrons. The summed E-state index contributed by atoms with van der Waals surface area (Å²) in [6, 6.07) is 0. The summed E-state index contributed by atoms with van der Waals surface area (Å²) in [6.07, 6.45) is 0. The molecule has 0 saturated carbocycles. The summed E-state index contributed by atoms with van der Waals surface area (Å²) in [5.41, 5.74) is 0. The fourth-order valence-electron chi connectivity index (χ4n) is 0. The molecule has 0 aliphatic heterocycles. The van der Waals surface area contributed by atoms with Gasteiger partial charge in [-0.2, -0.15) is 0 Å². The van der Waals surface area contributed by atoms with Crippen molar-refractivity contribution in [2.45, 2.75) is 0 Å². The Morgan fingerprint density at radius 2 is 1.00 bits per heavy atom. The molecule has 0 saturated heterocycles. The van der Waals surface area contributed by atoms with E-state index in [1.54, 1.807) is 0 Å². The molecular formula is H8CrFeGeSiTi. The second-order valence-corrected chi connectivity index (χ2v) is 0. The second kappa shape index (κ2) is 31.2. The van der Waals surface area contributed by atoms with Gasteiger partial charge >= 0.3 is 17.6 Å². The first-order chi connectivity index (χ1) is 0. The topological polar surface area (TPSA) is 0 Å². The Hall–Kier alpha value is 2.53. The first-order valence-electron chi connectivity index (χ1n) is 0. The zero-order chi connectivity index (χ0) is 0. The van der Waals surface area contributed by atoms with Crippen LogP contribution in [0.4, 0.5) is 0 Å². The zero-order valence-electron chi connectivity index (χ0n) is 1.26. The van der Waals surface area contributed by atoms with Crippen LogP contribution in [0.5, 0.6) is 0 Å². The first-order valence-corrected chi connectivity index (χ1v) is 0. The molecule has 5 heavy (non-hydrogen) atoms. The summed E-state index contributed by atoms with van der Waals surface area (Å²) < 4.78 is 0. The van der Waals surface area contributed by atoms with Crippen LogP contribution in [0.25, 0.3) is 0 Å². The van der Waals surface area contributed by atoms with Crippen molar-refractivity contribution in [1.29, 1.82) is 0 Å². The van der Waals surface area contributed by atoms with E-state index in [2.05, 4.69) is 0 Å². The van der Waals surface area contributed by atoms with Crippen LogP contribution in [-0.2, 0) is 56.1 Å². The summed E-state index contributed by atoms with van der Waals surface area (Å²) in [7, 11) is 0. The zero-order valence-corrected chi connectivity index (χ0v) is 5.20. The Bertz CT molecular complexity index is 11.6. The Kier molecular flexibility index (Phi) is 314. The quantitative estimate of drug-likeness (QED) is 0.412. The third kappa shape index (κ3) is 21.0. The van der Waals surface area contributed by atoms with Gasteiger partial charge < -0.3 is 0 Å². The number of hydrogen-bond donors (Lipinski definition) is 0. The molecule has 0 bridgehead atoms. The molecule has 5 heteroatoms. The minimum atomic E-state index is 0. The number of hydrogen-bond acceptors (Lipinski definition) is 0. The third-order valence-electron chi connectivity index (χ3n) is 0. The minimum Gasteiger partial charge on any atom is -0.0149 e. The van der Waals surface area contributed by atoms with Crippen LogP contribution in [0.1, 0.15) is 0 Å². The molecule has 0 rings (SSSR count). The van der Waals surface area contributed by atoms with Crippen molar-refractivity contribution in [3.8, 4) is 0 Å². The van der Waals surface area contributed by atoms with Crippen molar-refractivity contribution in [1.82, 2.24) is 0 Å². The maximum atomic E-state index is 0. The van der Waals surface area contributed by atoms with Gasteiger partial charge in [0, 0.05) is 56.1 Å². The van der Waals surface area contributed by atoms with Crippen LogP contribution in [0.3, 0.4) is 0 Å². The monoisotopic (exact) mass is 266 g/mol. The standard InChI is InChI=1S/Cr.Fe.GeH4.H4Si.Ti/h;;2*1H4;. The molecule has 0 unspecified atom stereocenters. The summed E-state index contributed by atoms with van der Waals surface area (Å²) in [5.74, 6) is 0. The van der Waals surface area contributed by atoms with E-state index < -0.39 is 0 Å². The summed E-state index contributed by atoms with van der Waals surface area (Å²) in [5, 5.41) is 0. The Balaban J connectivity index is 0. The molecule has 0 aliphatic carbocycles. The number of rotatable bonds is 0. The molecular weight excluding hydrogens is 256 g/mol. The Morgan fingerprint density at radius 3 is 1.00 bits per heavy atom. The van der Waals surface area contributed by atoms with Gasteiger partial charge in [-0.15, -0.1) is 0 Å². The molecule has 0 aliphatic rings. The van der Waals surface area contributed by atoms with E-state index >= 15 is 0 Å². The van der Waals surface area contributed by atoms with Crippen molar-refractivity contribution < 1.29 is 56.1 Å². The Labute approximate surface area is 83.7 Å². The van der Waals surface area contributed by atoms with Crippen LogP contribution in [0.2, 0.25) is 0 Å². The molecule has 0 heterocycles. The van der Waals surface area contributed by atoms with Gasteiger partial charge in [0.05, 0.1) is 0 Å². The SMILES string of the molecule is [Cr].[Fe].[GeH4].[SiH4].[Ti]. The molecule has 0 aromatic carbocycles. The molecule has 0 spiro atoms. The summed E-state index contributed by atoms with van der Waals surface area (Å²) in [4.78, 5) is 0. The van der Waals surface area contributed by atoms with Crippen molar-refractivity contribution in [3.05, 3.63) is 0 Å². The average Bonchev–Trinajstić information content (AvgIpc) is 0. The van der Waals surface area contributed by atoms with Crippen molar-refractivity contribution in [3.63, 3.8) is 0 Å². The minimum absolute atomic E-state index is 0. The van der Waals surface area contributed by atoms with E-state index in [4.69, 9.17) is 0 Å². The predicted molar refractivity (Wildman–Crippen MR) is 22.7 cm³/mol. The van der Waals surface area contributed by atoms with Gasteiger partial charge in [-0.25, -0.2) is 0 Å². The average molecular weight is 264 g/mol. The molecule has 0 aromatic heterocycles. The maximum absolute atomic E-state index is 0. The molecule has 0 fully saturated rings. The smallest absolute Gasteiger partial charge is 0 e. The predicted octanol–water partition coefficient (Wildman–Crippen LogP) is -2.91. The maximum Gasteiger partial charge on any atom is 0 e. The van der Waals surface area contributed by atoms with Crippen molar-refractivity contribution in [2.75, 3.05) is 0 Å². The van der Waals surface area contributed by atoms with E-state index in [-0.39, 0.29) is 84.7 Å². The second-order valence-electron chi connectivity index (χ2n) is 0. The van der Waals surface area contributed by atoms with Gasteiger partial charge in [0.2, 0.25) is 0 Å². The summed E-state index contributed by atoms with van der Waals surface area (Å²) >= 11 is 0. The molecule has 0 atom stereocenters. The van der Waals surface area contributed by atoms with E-state index in [0.29, 0.717) is 0 Å². The third-order valence-corrected chi connectivity index (χ3v) is 0. The fraction of sp³-hybridized carbons (Fsp3) is 0. The molecule has 0 nitrogen and oxygen atoms in total. The van der Waals surface area contributed by atoms with Gasteiger partial charge in [-0.3, -0.25) is 0 Å². The Morgan fingerprint density at radius 1 is 1.00 bits per heavy atom. The summed E-state index contributed by atoms with van der Waals surface area (Å²) in [6.45, 7) is 0. The van der Waals surface area contributed by atoms with E-state index in [1.807, 2.05) is 0 Å². The van der Waals surface area contributed by atoms with Crippen LogP contribution in [0, 0.1) is 0 Å². The van der Waals surface area contributed by atoms with Crippen molar-refractivity contribution in [2.24, 2.45) is 0 Å². The van der Waals surface area contributed by atoms with Gasteiger partial charge in [0.25, 0.3) is 0 Å². The van der Waals surface area contributed by atoms with Crippen LogP contribution >= 0.6 is 0 Å². The van der Waals surface area contributed by atoms with E-state index in [9.17, 15) is 0 Å². The van der Waals surface area contributed by atoms with Crippen molar-refractivity contribution >= 4 is 28.6 Å². The van der Waals surface area contributed by atoms with Gasteiger partial charge in [-0.1, -0.05) is 0 Å². The van der Waals surface area contributed by atoms with Crippen LogP contribution < -0.4 is 0 Å². The molecule has 0 radical (unpaired) electrons. The normalized spacial score (nSPS) is 0.